The quantitative estimate of drug-likeness (QED) is 0.869. The average Bonchev–Trinajstić information content (AvgIpc) is 3.11. The molecule has 0 bridgehead atoms. The molecule has 6 heteroatoms. The van der Waals surface area contributed by atoms with Crippen LogP contribution in [0.1, 0.15) is 24.8 Å². The number of alkyl halides is 3. The highest BCUT2D eigenvalue weighted by molar-refractivity contribution is 9.10. The molecule has 3 rings (SSSR count). The lowest BCUT2D eigenvalue weighted by Crippen LogP contribution is -2.27. The van der Waals surface area contributed by atoms with Gasteiger partial charge in [0.2, 0.25) is 0 Å². The third-order valence-corrected chi connectivity index (χ3v) is 4.59. The van der Waals surface area contributed by atoms with Crippen LogP contribution in [0.4, 0.5) is 18.9 Å². The number of hydrogen-bond acceptors (Lipinski definition) is 2. The molecule has 1 atom stereocenters. The number of anilines is 1. The zero-order valence-electron chi connectivity index (χ0n) is 11.6. The Labute approximate surface area is 130 Å². The second kappa shape index (κ2) is 5.80. The molecule has 1 aliphatic heterocycles. The summed E-state index contributed by atoms with van der Waals surface area (Å²) >= 11 is 3.19. The molecule has 0 spiro atoms. The van der Waals surface area contributed by atoms with Gasteiger partial charge in [0.1, 0.15) is 0 Å². The van der Waals surface area contributed by atoms with Crippen molar-refractivity contribution in [1.82, 2.24) is 5.32 Å². The first kappa shape index (κ1) is 15.2. The summed E-state index contributed by atoms with van der Waals surface area (Å²) in [5.74, 6) is 0.527. The molecule has 1 unspecified atom stereocenters. The topological polar surface area (TPSA) is 15.3 Å². The van der Waals surface area contributed by atoms with Crippen LogP contribution in [0.3, 0.4) is 0 Å². The molecule has 1 saturated carbocycles. The summed E-state index contributed by atoms with van der Waals surface area (Å²) in [5.41, 5.74) is 0.0667. The minimum Gasteiger partial charge on any atom is -0.371 e. The van der Waals surface area contributed by atoms with Crippen molar-refractivity contribution in [3.05, 3.63) is 28.2 Å². The maximum atomic E-state index is 12.9. The first-order valence-electron chi connectivity index (χ1n) is 7.28. The molecule has 0 aromatic heterocycles. The Morgan fingerprint density at radius 1 is 1.19 bits per heavy atom. The van der Waals surface area contributed by atoms with E-state index in [0.29, 0.717) is 22.1 Å². The van der Waals surface area contributed by atoms with Gasteiger partial charge in [-0.05, 0) is 49.9 Å². The molecule has 0 amide bonds. The van der Waals surface area contributed by atoms with Crippen LogP contribution in [-0.2, 0) is 6.18 Å². The van der Waals surface area contributed by atoms with Crippen molar-refractivity contribution < 1.29 is 13.2 Å². The summed E-state index contributed by atoms with van der Waals surface area (Å²) in [5, 5.41) is 3.50. The summed E-state index contributed by atoms with van der Waals surface area (Å²) in [6, 6.07) is 4.83. The van der Waals surface area contributed by atoms with Crippen molar-refractivity contribution in [2.45, 2.75) is 31.5 Å². The van der Waals surface area contributed by atoms with Crippen LogP contribution in [0.5, 0.6) is 0 Å². The number of nitrogens with zero attached hydrogens (tertiary/aromatic N) is 1. The van der Waals surface area contributed by atoms with E-state index in [4.69, 9.17) is 0 Å². The Morgan fingerprint density at radius 2 is 1.95 bits per heavy atom. The second-order valence-electron chi connectivity index (χ2n) is 5.98. The minimum absolute atomic E-state index is 0.479. The normalized spacial score (nSPS) is 22.9. The fourth-order valence-electron chi connectivity index (χ4n) is 2.77. The monoisotopic (exact) mass is 362 g/mol. The van der Waals surface area contributed by atoms with E-state index in [9.17, 15) is 13.2 Å². The minimum atomic E-state index is -4.30. The number of hydrogen-bond donors (Lipinski definition) is 1. The van der Waals surface area contributed by atoms with Gasteiger partial charge < -0.3 is 10.2 Å². The Balaban J connectivity index is 1.67. The zero-order valence-corrected chi connectivity index (χ0v) is 13.2. The van der Waals surface area contributed by atoms with Crippen molar-refractivity contribution in [3.8, 4) is 0 Å². The second-order valence-corrected chi connectivity index (χ2v) is 6.89. The number of halogens is 4. The zero-order chi connectivity index (χ0) is 15.0. The van der Waals surface area contributed by atoms with Gasteiger partial charge in [-0.2, -0.15) is 13.2 Å². The number of nitrogens with one attached hydrogen (secondary N) is 1. The molecule has 1 N–H and O–H groups in total. The smallest absolute Gasteiger partial charge is 0.371 e. The van der Waals surface area contributed by atoms with Gasteiger partial charge in [-0.25, -0.2) is 0 Å². The molecule has 21 heavy (non-hydrogen) atoms. The van der Waals surface area contributed by atoms with Gasteiger partial charge in [0.15, 0.2) is 0 Å². The predicted molar refractivity (Wildman–Crippen MR) is 80.5 cm³/mol. The Kier molecular flexibility index (Phi) is 4.19. The highest BCUT2D eigenvalue weighted by Gasteiger charge is 2.32. The molecular formula is C15H18BrF3N2. The number of benzene rings is 1. The van der Waals surface area contributed by atoms with Crippen molar-refractivity contribution in [2.24, 2.45) is 5.92 Å². The molecule has 2 nitrogen and oxygen atoms in total. The first-order valence-corrected chi connectivity index (χ1v) is 8.07. The van der Waals surface area contributed by atoms with Gasteiger partial charge in [-0.1, -0.05) is 15.9 Å². The maximum Gasteiger partial charge on any atom is 0.416 e. The van der Waals surface area contributed by atoms with Crippen LogP contribution in [0.15, 0.2) is 22.7 Å². The third-order valence-electron chi connectivity index (χ3n) is 4.13. The summed E-state index contributed by atoms with van der Waals surface area (Å²) in [6.07, 6.45) is -0.743. The van der Waals surface area contributed by atoms with Crippen LogP contribution in [0.2, 0.25) is 0 Å². The summed E-state index contributed by atoms with van der Waals surface area (Å²) < 4.78 is 39.1. The SMILES string of the molecule is FC(F)(F)c1cc(Br)cc(N2CCC(CNC3CC3)C2)c1. The highest BCUT2D eigenvalue weighted by atomic mass is 79.9. The van der Waals surface area contributed by atoms with Crippen LogP contribution >= 0.6 is 15.9 Å². The van der Waals surface area contributed by atoms with Gasteiger partial charge in [-0.3, -0.25) is 0 Å². The fraction of sp³-hybridized carbons (Fsp3) is 0.600. The van der Waals surface area contributed by atoms with Crippen molar-refractivity contribution in [1.29, 1.82) is 0 Å². The first-order chi connectivity index (χ1) is 9.91. The van der Waals surface area contributed by atoms with E-state index in [1.807, 2.05) is 0 Å². The summed E-state index contributed by atoms with van der Waals surface area (Å²) in [6.45, 7) is 2.62. The lowest BCUT2D eigenvalue weighted by atomic mass is 10.1. The maximum absolute atomic E-state index is 12.9. The van der Waals surface area contributed by atoms with Crippen LogP contribution in [0.25, 0.3) is 0 Å². The Hall–Kier alpha value is -0.750. The van der Waals surface area contributed by atoms with E-state index in [0.717, 1.165) is 32.1 Å². The van der Waals surface area contributed by atoms with Gasteiger partial charge in [-0.15, -0.1) is 0 Å². The lowest BCUT2D eigenvalue weighted by Gasteiger charge is -2.21. The summed E-state index contributed by atoms with van der Waals surface area (Å²) in [7, 11) is 0. The van der Waals surface area contributed by atoms with Gasteiger partial charge in [0.25, 0.3) is 0 Å². The average molecular weight is 363 g/mol. The summed E-state index contributed by atoms with van der Waals surface area (Å²) in [4.78, 5) is 2.05. The molecule has 0 radical (unpaired) electrons. The Morgan fingerprint density at radius 3 is 2.62 bits per heavy atom. The molecule has 2 fully saturated rings. The fourth-order valence-corrected chi connectivity index (χ4v) is 3.26. The largest absolute Gasteiger partial charge is 0.416 e. The molecular weight excluding hydrogens is 345 g/mol. The van der Waals surface area contributed by atoms with E-state index >= 15 is 0 Å². The van der Waals surface area contributed by atoms with Gasteiger partial charge in [0, 0.05) is 29.3 Å². The molecule has 1 saturated heterocycles. The molecule has 2 aliphatic rings. The standard InChI is InChI=1S/C15H18BrF3N2/c16-12-5-11(15(17,18)19)6-14(7-12)21-4-3-10(9-21)8-20-13-1-2-13/h5-7,10,13,20H,1-4,8-9H2. The van der Waals surface area contributed by atoms with Crippen molar-refractivity contribution in [2.75, 3.05) is 24.5 Å². The van der Waals surface area contributed by atoms with Crippen molar-refractivity contribution >= 4 is 21.6 Å². The molecule has 1 aliphatic carbocycles. The van der Waals surface area contributed by atoms with Crippen LogP contribution in [-0.4, -0.2) is 25.7 Å². The molecule has 1 aromatic rings. The van der Waals surface area contributed by atoms with E-state index in [2.05, 4.69) is 26.1 Å². The van der Waals surface area contributed by atoms with Gasteiger partial charge in [0.05, 0.1) is 5.56 Å². The van der Waals surface area contributed by atoms with Crippen LogP contribution in [0, 0.1) is 5.92 Å². The van der Waals surface area contributed by atoms with Crippen LogP contribution < -0.4 is 10.2 Å². The Bertz CT molecular complexity index is 514. The lowest BCUT2D eigenvalue weighted by molar-refractivity contribution is -0.137. The van der Waals surface area contributed by atoms with Gasteiger partial charge >= 0.3 is 6.18 Å². The van der Waals surface area contributed by atoms with E-state index in [1.165, 1.54) is 18.9 Å². The predicted octanol–water partition coefficient (Wildman–Crippen LogP) is 4.05. The highest BCUT2D eigenvalue weighted by Crippen LogP contribution is 2.35. The van der Waals surface area contributed by atoms with E-state index < -0.39 is 11.7 Å². The third kappa shape index (κ3) is 3.92. The van der Waals surface area contributed by atoms with E-state index in [-0.39, 0.29) is 0 Å². The molecule has 116 valence electrons. The molecule has 1 aromatic carbocycles. The van der Waals surface area contributed by atoms with E-state index in [1.54, 1.807) is 6.07 Å². The molecule has 1 heterocycles. The van der Waals surface area contributed by atoms with Crippen molar-refractivity contribution in [3.63, 3.8) is 0 Å². The number of rotatable bonds is 4.